The van der Waals surface area contributed by atoms with Crippen LogP contribution >= 0.6 is 50.9 Å². The number of carbonyl (C=O) groups is 1. The highest BCUT2D eigenvalue weighted by atomic mass is 79.9. The second kappa shape index (κ2) is 10.5. The zero-order valence-electron chi connectivity index (χ0n) is 16.2. The highest BCUT2D eigenvalue weighted by Gasteiger charge is 2.19. The number of rotatable bonds is 8. The van der Waals surface area contributed by atoms with Gasteiger partial charge in [-0.2, -0.15) is 0 Å². The lowest BCUT2D eigenvalue weighted by molar-refractivity contribution is -0.113. The van der Waals surface area contributed by atoms with Gasteiger partial charge in [0.2, 0.25) is 5.91 Å². The maximum absolute atomic E-state index is 12.3. The third kappa shape index (κ3) is 5.91. The van der Waals surface area contributed by atoms with Crippen molar-refractivity contribution < 1.29 is 9.53 Å². The molecule has 3 rings (SSSR count). The zero-order valence-corrected chi connectivity index (χ0v) is 20.1. The maximum atomic E-state index is 12.3. The van der Waals surface area contributed by atoms with Gasteiger partial charge in [0.1, 0.15) is 5.75 Å². The second-order valence-electron chi connectivity index (χ2n) is 6.26. The van der Waals surface area contributed by atoms with Crippen LogP contribution in [0.3, 0.4) is 0 Å². The molecule has 2 aromatic carbocycles. The first kappa shape index (κ1) is 22.9. The molecule has 0 bridgehead atoms. The van der Waals surface area contributed by atoms with Crippen molar-refractivity contribution in [2.24, 2.45) is 0 Å². The number of benzene rings is 2. The van der Waals surface area contributed by atoms with E-state index in [-0.39, 0.29) is 17.8 Å². The number of hydrogen-bond donors (Lipinski definition) is 1. The van der Waals surface area contributed by atoms with Gasteiger partial charge in [0.15, 0.2) is 17.1 Å². The van der Waals surface area contributed by atoms with E-state index in [4.69, 9.17) is 27.9 Å². The summed E-state index contributed by atoms with van der Waals surface area (Å²) in [5, 5.41) is 12.8. The summed E-state index contributed by atoms with van der Waals surface area (Å²) < 4.78 is 8.90. The Morgan fingerprint density at radius 1 is 1.23 bits per heavy atom. The fraction of sp³-hybridized carbons (Fsp3) is 0.250. The van der Waals surface area contributed by atoms with Crippen molar-refractivity contribution in [1.29, 1.82) is 0 Å². The Hall–Kier alpha value is -1.74. The van der Waals surface area contributed by atoms with Gasteiger partial charge in [-0.05, 0) is 56.3 Å². The molecule has 0 saturated heterocycles. The van der Waals surface area contributed by atoms with Crippen molar-refractivity contribution in [2.45, 2.75) is 31.7 Å². The molecule has 0 aliphatic carbocycles. The number of hydrogen-bond acceptors (Lipinski definition) is 5. The molecule has 6 nitrogen and oxygen atoms in total. The van der Waals surface area contributed by atoms with Crippen molar-refractivity contribution in [3.05, 3.63) is 62.8 Å². The monoisotopic (exact) mass is 528 g/mol. The standard InChI is InChI=1S/C20H19BrCl2N4O2S/c1-3-27-19(12(2)29-15-7-4-13(21)5-8-15)25-26-20(27)30-11-18(28)24-17-9-6-14(22)10-16(17)23/h4-10,12H,3,11H2,1-2H3,(H,24,28). The third-order valence-corrected chi connectivity index (χ3v) is 6.13. The number of ether oxygens (including phenoxy) is 1. The molecule has 10 heteroatoms. The highest BCUT2D eigenvalue weighted by molar-refractivity contribution is 9.10. The lowest BCUT2D eigenvalue weighted by Gasteiger charge is -2.15. The molecule has 158 valence electrons. The molecule has 0 aliphatic rings. The van der Waals surface area contributed by atoms with Gasteiger partial charge in [-0.25, -0.2) is 0 Å². The molecule has 1 unspecified atom stereocenters. The number of nitrogens with zero attached hydrogens (tertiary/aromatic N) is 3. The van der Waals surface area contributed by atoms with Crippen LogP contribution in [0.15, 0.2) is 52.1 Å². The summed E-state index contributed by atoms with van der Waals surface area (Å²) >= 11 is 16.7. The zero-order chi connectivity index (χ0) is 21.7. The predicted octanol–water partition coefficient (Wildman–Crippen LogP) is 6.24. The van der Waals surface area contributed by atoms with E-state index in [1.165, 1.54) is 11.8 Å². The van der Waals surface area contributed by atoms with Crippen LogP contribution in [-0.4, -0.2) is 26.4 Å². The molecule has 0 fully saturated rings. The Labute approximate surface area is 197 Å². The second-order valence-corrected chi connectivity index (χ2v) is 8.96. The lowest BCUT2D eigenvalue weighted by atomic mass is 10.3. The van der Waals surface area contributed by atoms with E-state index >= 15 is 0 Å². The van der Waals surface area contributed by atoms with Gasteiger partial charge in [0.05, 0.1) is 16.5 Å². The Morgan fingerprint density at radius 3 is 2.63 bits per heavy atom. The van der Waals surface area contributed by atoms with Gasteiger partial charge in [-0.15, -0.1) is 10.2 Å². The van der Waals surface area contributed by atoms with Gasteiger partial charge in [0.25, 0.3) is 0 Å². The molecule has 1 atom stereocenters. The molecule has 0 spiro atoms. The van der Waals surface area contributed by atoms with Gasteiger partial charge in [-0.1, -0.05) is 50.9 Å². The van der Waals surface area contributed by atoms with Crippen molar-refractivity contribution in [2.75, 3.05) is 11.1 Å². The Balaban J connectivity index is 1.63. The topological polar surface area (TPSA) is 69.0 Å². The van der Waals surface area contributed by atoms with E-state index in [9.17, 15) is 4.79 Å². The van der Waals surface area contributed by atoms with E-state index < -0.39 is 0 Å². The van der Waals surface area contributed by atoms with Crippen LogP contribution in [0.1, 0.15) is 25.8 Å². The van der Waals surface area contributed by atoms with Crippen molar-refractivity contribution >= 4 is 62.5 Å². The summed E-state index contributed by atoms with van der Waals surface area (Å²) in [5.41, 5.74) is 0.515. The Bertz CT molecular complexity index is 1030. The maximum Gasteiger partial charge on any atom is 0.234 e. The van der Waals surface area contributed by atoms with Crippen LogP contribution < -0.4 is 10.1 Å². The van der Waals surface area contributed by atoms with Crippen LogP contribution in [0, 0.1) is 0 Å². The highest BCUT2D eigenvalue weighted by Crippen LogP contribution is 2.27. The summed E-state index contributed by atoms with van der Waals surface area (Å²) in [5.74, 6) is 1.41. The molecular weight excluding hydrogens is 511 g/mol. The minimum atomic E-state index is -0.297. The van der Waals surface area contributed by atoms with Crippen LogP contribution in [0.25, 0.3) is 0 Å². The van der Waals surface area contributed by atoms with Gasteiger partial charge < -0.3 is 14.6 Å². The van der Waals surface area contributed by atoms with Crippen LogP contribution in [0.4, 0.5) is 5.69 Å². The normalized spacial score (nSPS) is 11.9. The molecule has 1 amide bonds. The first-order valence-corrected chi connectivity index (χ1v) is 11.6. The number of nitrogens with one attached hydrogen (secondary N) is 1. The number of carbonyl (C=O) groups excluding carboxylic acids is 1. The van der Waals surface area contributed by atoms with Crippen LogP contribution in [0.5, 0.6) is 5.75 Å². The lowest BCUT2D eigenvalue weighted by Crippen LogP contribution is -2.15. The average molecular weight is 530 g/mol. The minimum Gasteiger partial charge on any atom is -0.483 e. The van der Waals surface area contributed by atoms with Crippen molar-refractivity contribution in [3.8, 4) is 5.75 Å². The number of halogens is 3. The van der Waals surface area contributed by atoms with Crippen LogP contribution in [0.2, 0.25) is 10.0 Å². The Kier molecular flexibility index (Phi) is 8.05. The van der Waals surface area contributed by atoms with Gasteiger partial charge in [-0.3, -0.25) is 4.79 Å². The number of aromatic nitrogens is 3. The fourth-order valence-corrected chi connectivity index (χ4v) is 4.21. The van der Waals surface area contributed by atoms with Crippen molar-refractivity contribution in [1.82, 2.24) is 14.8 Å². The van der Waals surface area contributed by atoms with E-state index in [1.807, 2.05) is 42.7 Å². The number of amides is 1. The van der Waals surface area contributed by atoms with Gasteiger partial charge >= 0.3 is 0 Å². The molecule has 0 saturated carbocycles. The third-order valence-electron chi connectivity index (χ3n) is 4.09. The first-order chi connectivity index (χ1) is 14.4. The first-order valence-electron chi connectivity index (χ1n) is 9.10. The van der Waals surface area contributed by atoms with E-state index in [1.54, 1.807) is 18.2 Å². The van der Waals surface area contributed by atoms with E-state index in [2.05, 4.69) is 31.4 Å². The molecule has 30 heavy (non-hydrogen) atoms. The SMILES string of the molecule is CCn1c(SCC(=O)Nc2ccc(Cl)cc2Cl)nnc1C(C)Oc1ccc(Br)cc1. The van der Waals surface area contributed by atoms with Crippen molar-refractivity contribution in [3.63, 3.8) is 0 Å². The molecule has 3 aromatic rings. The number of anilines is 1. The van der Waals surface area contributed by atoms with Crippen LogP contribution in [-0.2, 0) is 11.3 Å². The number of thioether (sulfide) groups is 1. The molecule has 0 aliphatic heterocycles. The minimum absolute atomic E-state index is 0.166. The summed E-state index contributed by atoms with van der Waals surface area (Å²) in [6.45, 7) is 4.57. The van der Waals surface area contributed by atoms with E-state index in [0.717, 1.165) is 10.2 Å². The quantitative estimate of drug-likeness (QED) is 0.350. The molecule has 0 radical (unpaired) electrons. The van der Waals surface area contributed by atoms with Gasteiger partial charge in [0, 0.05) is 16.0 Å². The fourth-order valence-electron chi connectivity index (χ4n) is 2.68. The Morgan fingerprint density at radius 2 is 1.97 bits per heavy atom. The van der Waals surface area contributed by atoms with E-state index in [0.29, 0.717) is 33.3 Å². The predicted molar refractivity (Wildman–Crippen MR) is 125 cm³/mol. The average Bonchev–Trinajstić information content (AvgIpc) is 3.13. The molecule has 1 N–H and O–H groups in total. The smallest absolute Gasteiger partial charge is 0.234 e. The summed E-state index contributed by atoms with van der Waals surface area (Å²) in [4.78, 5) is 12.3. The molecular formula is C20H19BrCl2N4O2S. The largest absolute Gasteiger partial charge is 0.483 e. The molecule has 1 aromatic heterocycles. The molecule has 1 heterocycles. The summed E-state index contributed by atoms with van der Waals surface area (Å²) in [6.07, 6.45) is -0.297. The summed E-state index contributed by atoms with van der Waals surface area (Å²) in [6, 6.07) is 12.5. The summed E-state index contributed by atoms with van der Waals surface area (Å²) in [7, 11) is 0.